The third-order valence-electron chi connectivity index (χ3n) is 3.37. The van der Waals surface area contributed by atoms with Gasteiger partial charge in [-0.05, 0) is 36.8 Å². The van der Waals surface area contributed by atoms with E-state index in [1.807, 2.05) is 13.0 Å². The topological polar surface area (TPSA) is 56.8 Å². The minimum absolute atomic E-state index is 0.142. The molecule has 1 heterocycles. The average molecular weight is 413 g/mol. The Morgan fingerprint density at radius 3 is 2.75 bits per heavy atom. The lowest BCUT2D eigenvalue weighted by Crippen LogP contribution is -2.21. The predicted octanol–water partition coefficient (Wildman–Crippen LogP) is 4.20. The molecule has 0 bridgehead atoms. The fourth-order valence-corrected chi connectivity index (χ4v) is 3.35. The Bertz CT molecular complexity index is 758. The summed E-state index contributed by atoms with van der Waals surface area (Å²) in [7, 11) is 0. The van der Waals surface area contributed by atoms with Gasteiger partial charge in [-0.25, -0.2) is 0 Å². The van der Waals surface area contributed by atoms with Crippen molar-refractivity contribution in [3.05, 3.63) is 45.4 Å². The van der Waals surface area contributed by atoms with Crippen LogP contribution in [0.15, 0.2) is 34.8 Å². The molecule has 1 aliphatic heterocycles. The van der Waals surface area contributed by atoms with Gasteiger partial charge in [-0.2, -0.15) is 0 Å². The number of anilines is 1. The van der Waals surface area contributed by atoms with Crippen molar-refractivity contribution >= 4 is 39.1 Å². The van der Waals surface area contributed by atoms with Crippen LogP contribution in [0.4, 0.5) is 5.69 Å². The number of halogens is 2. The van der Waals surface area contributed by atoms with Gasteiger partial charge in [0.15, 0.2) is 18.1 Å². The smallest absolute Gasteiger partial charge is 0.262 e. The lowest BCUT2D eigenvalue weighted by Gasteiger charge is -2.19. The molecule has 0 radical (unpaired) electrons. The number of nitrogens with one attached hydrogen (secondary N) is 1. The summed E-state index contributed by atoms with van der Waals surface area (Å²) in [4.78, 5) is 12.1. The first kappa shape index (κ1) is 16.9. The average Bonchev–Trinajstić information content (AvgIpc) is 2.53. The van der Waals surface area contributed by atoms with Gasteiger partial charge in [0.2, 0.25) is 0 Å². The van der Waals surface area contributed by atoms with Crippen LogP contribution in [0.1, 0.15) is 5.56 Å². The predicted molar refractivity (Wildman–Crippen MR) is 95.4 cm³/mol. The molecule has 2 aromatic carbocycles. The maximum absolute atomic E-state index is 12.1. The highest BCUT2D eigenvalue weighted by Crippen LogP contribution is 2.33. The van der Waals surface area contributed by atoms with Gasteiger partial charge in [0.25, 0.3) is 5.91 Å². The van der Waals surface area contributed by atoms with Crippen LogP contribution in [-0.4, -0.2) is 25.7 Å². The second kappa shape index (κ2) is 7.32. The first-order valence-corrected chi connectivity index (χ1v) is 8.48. The minimum Gasteiger partial charge on any atom is -0.486 e. The Morgan fingerprint density at radius 2 is 2.00 bits per heavy atom. The molecule has 0 saturated carbocycles. The number of carbonyl (C=O) groups excluding carboxylic acids is 1. The first-order valence-electron chi connectivity index (χ1n) is 7.31. The Balaban J connectivity index is 1.62. The summed E-state index contributed by atoms with van der Waals surface area (Å²) >= 11 is 9.50. The van der Waals surface area contributed by atoms with Gasteiger partial charge in [-0.15, -0.1) is 0 Å². The molecule has 1 N–H and O–H groups in total. The van der Waals surface area contributed by atoms with Crippen LogP contribution in [-0.2, 0) is 4.79 Å². The van der Waals surface area contributed by atoms with Crippen molar-refractivity contribution in [2.24, 2.45) is 0 Å². The molecule has 1 aliphatic rings. The monoisotopic (exact) mass is 411 g/mol. The third kappa shape index (κ3) is 3.94. The Labute approximate surface area is 153 Å². The summed E-state index contributed by atoms with van der Waals surface area (Å²) in [6.07, 6.45) is 0. The molecule has 126 valence electrons. The molecule has 0 saturated heterocycles. The van der Waals surface area contributed by atoms with Gasteiger partial charge in [0.05, 0.1) is 5.02 Å². The SMILES string of the molecule is Cc1cc(Br)cc(Cl)c1OCC(=O)Nc1ccc2c(c1)OCCO2. The minimum atomic E-state index is -0.287. The third-order valence-corrected chi connectivity index (χ3v) is 4.11. The number of rotatable bonds is 4. The first-order chi connectivity index (χ1) is 11.5. The van der Waals surface area contributed by atoms with Crippen molar-refractivity contribution in [2.45, 2.75) is 6.92 Å². The zero-order valence-electron chi connectivity index (χ0n) is 12.9. The van der Waals surface area contributed by atoms with Gasteiger partial charge < -0.3 is 19.5 Å². The Hall–Kier alpha value is -1.92. The molecular formula is C17H15BrClNO4. The van der Waals surface area contributed by atoms with Crippen LogP contribution in [0.5, 0.6) is 17.2 Å². The number of fused-ring (bicyclic) bond motifs is 1. The fourth-order valence-electron chi connectivity index (χ4n) is 2.33. The molecule has 24 heavy (non-hydrogen) atoms. The summed E-state index contributed by atoms with van der Waals surface area (Å²) in [5.74, 6) is 1.50. The lowest BCUT2D eigenvalue weighted by atomic mass is 10.2. The normalized spacial score (nSPS) is 12.6. The molecule has 0 unspecified atom stereocenters. The van der Waals surface area contributed by atoms with Crippen molar-refractivity contribution in [1.29, 1.82) is 0 Å². The van der Waals surface area contributed by atoms with E-state index in [1.165, 1.54) is 0 Å². The van der Waals surface area contributed by atoms with Crippen LogP contribution in [0.2, 0.25) is 5.02 Å². The molecule has 2 aromatic rings. The van der Waals surface area contributed by atoms with Crippen molar-refractivity contribution in [1.82, 2.24) is 0 Å². The molecule has 0 aliphatic carbocycles. The molecule has 0 aromatic heterocycles. The van der Waals surface area contributed by atoms with E-state index in [-0.39, 0.29) is 12.5 Å². The van der Waals surface area contributed by atoms with Crippen molar-refractivity contribution in [3.8, 4) is 17.2 Å². The number of hydrogen-bond donors (Lipinski definition) is 1. The van der Waals surface area contributed by atoms with E-state index in [1.54, 1.807) is 24.3 Å². The zero-order valence-corrected chi connectivity index (χ0v) is 15.2. The lowest BCUT2D eigenvalue weighted by molar-refractivity contribution is -0.118. The van der Waals surface area contributed by atoms with E-state index in [0.717, 1.165) is 10.0 Å². The maximum atomic E-state index is 12.1. The number of hydrogen-bond acceptors (Lipinski definition) is 4. The van der Waals surface area contributed by atoms with Crippen LogP contribution in [0.25, 0.3) is 0 Å². The highest BCUT2D eigenvalue weighted by molar-refractivity contribution is 9.10. The number of amides is 1. The summed E-state index contributed by atoms with van der Waals surface area (Å²) in [6, 6.07) is 8.84. The molecule has 0 spiro atoms. The maximum Gasteiger partial charge on any atom is 0.262 e. The van der Waals surface area contributed by atoms with E-state index in [4.69, 9.17) is 25.8 Å². The van der Waals surface area contributed by atoms with Crippen molar-refractivity contribution < 1.29 is 19.0 Å². The van der Waals surface area contributed by atoms with E-state index in [9.17, 15) is 4.79 Å². The van der Waals surface area contributed by atoms with E-state index in [0.29, 0.717) is 41.2 Å². The molecular weight excluding hydrogens is 398 g/mol. The number of aryl methyl sites for hydroxylation is 1. The largest absolute Gasteiger partial charge is 0.486 e. The van der Waals surface area contributed by atoms with Crippen LogP contribution < -0.4 is 19.5 Å². The molecule has 5 nitrogen and oxygen atoms in total. The van der Waals surface area contributed by atoms with Crippen LogP contribution >= 0.6 is 27.5 Å². The van der Waals surface area contributed by atoms with E-state index < -0.39 is 0 Å². The van der Waals surface area contributed by atoms with Gasteiger partial charge in [-0.3, -0.25) is 4.79 Å². The molecule has 1 amide bonds. The van der Waals surface area contributed by atoms with Crippen LogP contribution in [0.3, 0.4) is 0 Å². The number of benzene rings is 2. The molecule has 7 heteroatoms. The highest BCUT2D eigenvalue weighted by Gasteiger charge is 2.14. The number of carbonyl (C=O) groups is 1. The van der Waals surface area contributed by atoms with Gasteiger partial charge >= 0.3 is 0 Å². The fraction of sp³-hybridized carbons (Fsp3) is 0.235. The second-order valence-electron chi connectivity index (χ2n) is 5.23. The Kier molecular flexibility index (Phi) is 5.16. The highest BCUT2D eigenvalue weighted by atomic mass is 79.9. The summed E-state index contributed by atoms with van der Waals surface area (Å²) < 4.78 is 17.3. The Morgan fingerprint density at radius 1 is 1.25 bits per heavy atom. The van der Waals surface area contributed by atoms with Crippen molar-refractivity contribution in [3.63, 3.8) is 0 Å². The standard InChI is InChI=1S/C17H15BrClNO4/c1-10-6-11(18)7-13(19)17(10)24-9-16(21)20-12-2-3-14-15(8-12)23-5-4-22-14/h2-3,6-8H,4-5,9H2,1H3,(H,20,21). The zero-order chi connectivity index (χ0) is 17.1. The van der Waals surface area contributed by atoms with Crippen molar-refractivity contribution in [2.75, 3.05) is 25.1 Å². The molecule has 0 fully saturated rings. The molecule has 3 rings (SSSR count). The second-order valence-corrected chi connectivity index (χ2v) is 6.55. The van der Waals surface area contributed by atoms with Gasteiger partial charge in [0.1, 0.15) is 19.0 Å². The summed E-state index contributed by atoms with van der Waals surface area (Å²) in [5, 5.41) is 3.21. The summed E-state index contributed by atoms with van der Waals surface area (Å²) in [6.45, 7) is 2.75. The molecule has 0 atom stereocenters. The van der Waals surface area contributed by atoms with Gasteiger partial charge in [-0.1, -0.05) is 27.5 Å². The quantitative estimate of drug-likeness (QED) is 0.818. The summed E-state index contributed by atoms with van der Waals surface area (Å²) in [5.41, 5.74) is 1.47. The number of ether oxygens (including phenoxy) is 3. The van der Waals surface area contributed by atoms with E-state index in [2.05, 4.69) is 21.2 Å². The van der Waals surface area contributed by atoms with E-state index >= 15 is 0 Å². The van der Waals surface area contributed by atoms with Crippen LogP contribution in [0, 0.1) is 6.92 Å². The van der Waals surface area contributed by atoms with Gasteiger partial charge in [0, 0.05) is 16.2 Å².